The summed E-state index contributed by atoms with van der Waals surface area (Å²) >= 11 is 0. The Morgan fingerprint density at radius 3 is 2.43 bits per heavy atom. The van der Waals surface area contributed by atoms with Crippen molar-refractivity contribution in [1.82, 2.24) is 0 Å². The number of benzene rings is 3. The molecule has 1 aromatic heterocycles. The lowest BCUT2D eigenvalue weighted by Gasteiger charge is -2.08. The fourth-order valence-electron chi connectivity index (χ4n) is 2.75. The normalized spacial score (nSPS) is 10.6. The summed E-state index contributed by atoms with van der Waals surface area (Å²) < 4.78 is 16.6. The van der Waals surface area contributed by atoms with Gasteiger partial charge in [-0.15, -0.1) is 0 Å². The van der Waals surface area contributed by atoms with E-state index in [0.717, 1.165) is 17.4 Å². The molecule has 0 radical (unpaired) electrons. The van der Waals surface area contributed by atoms with Crippen LogP contribution in [-0.4, -0.2) is 5.97 Å². The minimum Gasteiger partial charge on any atom is -0.457 e. The molecule has 0 saturated heterocycles. The second-order valence-corrected chi connectivity index (χ2v) is 6.11. The third-order valence-electron chi connectivity index (χ3n) is 4.08. The molecule has 0 spiro atoms. The van der Waals surface area contributed by atoms with Crippen molar-refractivity contribution < 1.29 is 18.7 Å². The summed E-state index contributed by atoms with van der Waals surface area (Å²) in [5, 5.41) is 0.421. The molecule has 5 heteroatoms. The van der Waals surface area contributed by atoms with Crippen LogP contribution in [0.3, 0.4) is 0 Å². The summed E-state index contributed by atoms with van der Waals surface area (Å²) in [6.45, 7) is 0.0291. The molecule has 4 aromatic rings. The molecule has 0 fully saturated rings. The second kappa shape index (κ2) is 7.80. The molecular formula is C23H16O5. The lowest BCUT2D eigenvalue weighted by atomic mass is 10.2. The maximum atomic E-state index is 12.3. The fourth-order valence-corrected chi connectivity index (χ4v) is 2.75. The standard InChI is InChI=1S/C23H16O5/c24-20-14-22(28-21-12-5-4-11-19(20)21)23(25)26-15-16-7-6-10-18(13-16)27-17-8-2-1-3-9-17/h1-14H,15H2. The number of ether oxygens (including phenoxy) is 2. The smallest absolute Gasteiger partial charge is 0.374 e. The topological polar surface area (TPSA) is 65.7 Å². The zero-order chi connectivity index (χ0) is 19.3. The van der Waals surface area contributed by atoms with Crippen molar-refractivity contribution in [1.29, 1.82) is 0 Å². The Hall–Kier alpha value is -3.86. The first-order valence-corrected chi connectivity index (χ1v) is 8.71. The number of rotatable bonds is 5. The summed E-state index contributed by atoms with van der Waals surface area (Å²) in [5.41, 5.74) is 0.817. The van der Waals surface area contributed by atoms with Crippen LogP contribution in [0.2, 0.25) is 0 Å². The molecule has 4 rings (SSSR count). The van der Waals surface area contributed by atoms with Crippen molar-refractivity contribution in [2.75, 3.05) is 0 Å². The van der Waals surface area contributed by atoms with E-state index in [1.165, 1.54) is 0 Å². The van der Waals surface area contributed by atoms with Crippen molar-refractivity contribution in [3.63, 3.8) is 0 Å². The van der Waals surface area contributed by atoms with Crippen molar-refractivity contribution in [2.24, 2.45) is 0 Å². The molecule has 3 aromatic carbocycles. The first-order valence-electron chi connectivity index (χ1n) is 8.71. The van der Waals surface area contributed by atoms with Crippen LogP contribution in [-0.2, 0) is 11.3 Å². The lowest BCUT2D eigenvalue weighted by Crippen LogP contribution is -2.10. The van der Waals surface area contributed by atoms with E-state index >= 15 is 0 Å². The Kier molecular flexibility index (Phi) is 4.89. The minimum absolute atomic E-state index is 0.0291. The maximum absolute atomic E-state index is 12.3. The van der Waals surface area contributed by atoms with Crippen LogP contribution in [0.5, 0.6) is 11.5 Å². The monoisotopic (exact) mass is 372 g/mol. The molecule has 0 amide bonds. The molecule has 0 unspecified atom stereocenters. The molecule has 138 valence electrons. The Bertz CT molecular complexity index is 1180. The third kappa shape index (κ3) is 3.94. The molecule has 0 N–H and O–H groups in total. The molecule has 28 heavy (non-hydrogen) atoms. The van der Waals surface area contributed by atoms with Crippen LogP contribution in [0.25, 0.3) is 11.0 Å². The van der Waals surface area contributed by atoms with Crippen LogP contribution >= 0.6 is 0 Å². The quantitative estimate of drug-likeness (QED) is 0.464. The molecule has 0 atom stereocenters. The van der Waals surface area contributed by atoms with Gasteiger partial charge < -0.3 is 13.9 Å². The van der Waals surface area contributed by atoms with Gasteiger partial charge in [0.05, 0.1) is 5.39 Å². The van der Waals surface area contributed by atoms with Crippen molar-refractivity contribution in [3.8, 4) is 11.5 Å². The van der Waals surface area contributed by atoms with Gasteiger partial charge in [-0.05, 0) is 42.0 Å². The van der Waals surface area contributed by atoms with Crippen molar-refractivity contribution >= 4 is 16.9 Å². The maximum Gasteiger partial charge on any atom is 0.374 e. The molecular weight excluding hydrogens is 356 g/mol. The Morgan fingerprint density at radius 2 is 1.57 bits per heavy atom. The molecule has 1 heterocycles. The average Bonchev–Trinajstić information content (AvgIpc) is 2.73. The van der Waals surface area contributed by atoms with E-state index in [1.54, 1.807) is 30.3 Å². The third-order valence-corrected chi connectivity index (χ3v) is 4.08. The first-order chi connectivity index (χ1) is 13.7. The van der Waals surface area contributed by atoms with Crippen molar-refractivity contribution in [3.05, 3.63) is 106 Å². The zero-order valence-corrected chi connectivity index (χ0v) is 14.8. The van der Waals surface area contributed by atoms with E-state index in [1.807, 2.05) is 48.5 Å². The highest BCUT2D eigenvalue weighted by atomic mass is 16.5. The number of carbonyl (C=O) groups is 1. The SMILES string of the molecule is O=C(OCc1cccc(Oc2ccccc2)c1)c1cc(=O)c2ccccc2o1. The number of fused-ring (bicyclic) bond motifs is 1. The average molecular weight is 372 g/mol. The Morgan fingerprint density at radius 1 is 0.821 bits per heavy atom. The largest absolute Gasteiger partial charge is 0.457 e. The van der Waals surface area contributed by atoms with Gasteiger partial charge in [-0.2, -0.15) is 0 Å². The van der Waals surface area contributed by atoms with E-state index in [2.05, 4.69) is 0 Å². The predicted octanol–water partition coefficient (Wildman–Crippen LogP) is 4.94. The number of carbonyl (C=O) groups excluding carboxylic acids is 1. The number of esters is 1. The predicted molar refractivity (Wildman–Crippen MR) is 105 cm³/mol. The number of hydrogen-bond donors (Lipinski definition) is 0. The van der Waals surface area contributed by atoms with Gasteiger partial charge in [0.15, 0.2) is 5.43 Å². The molecule has 0 aliphatic heterocycles. The Labute approximate surface area is 160 Å². The van der Waals surface area contributed by atoms with E-state index < -0.39 is 5.97 Å². The van der Waals surface area contributed by atoms with Crippen LogP contribution in [0, 0.1) is 0 Å². The fraction of sp³-hybridized carbons (Fsp3) is 0.0435. The van der Waals surface area contributed by atoms with Crippen LogP contribution in [0.15, 0.2) is 94.1 Å². The Balaban J connectivity index is 1.46. The van der Waals surface area contributed by atoms with Gasteiger partial charge in [-0.1, -0.05) is 42.5 Å². The summed E-state index contributed by atoms with van der Waals surface area (Å²) in [6.07, 6.45) is 0. The molecule has 0 bridgehead atoms. The van der Waals surface area contributed by atoms with Crippen LogP contribution in [0.4, 0.5) is 0 Å². The summed E-state index contributed by atoms with van der Waals surface area (Å²) in [4.78, 5) is 24.4. The van der Waals surface area contributed by atoms with Gasteiger partial charge in [0, 0.05) is 6.07 Å². The summed E-state index contributed by atoms with van der Waals surface area (Å²) in [5.74, 6) is 0.532. The van der Waals surface area contributed by atoms with Crippen LogP contribution in [0.1, 0.15) is 16.1 Å². The van der Waals surface area contributed by atoms with Gasteiger partial charge in [-0.25, -0.2) is 4.79 Å². The second-order valence-electron chi connectivity index (χ2n) is 6.11. The highest BCUT2D eigenvalue weighted by Crippen LogP contribution is 2.22. The van der Waals surface area contributed by atoms with Gasteiger partial charge in [0.25, 0.3) is 0 Å². The van der Waals surface area contributed by atoms with Crippen molar-refractivity contribution in [2.45, 2.75) is 6.61 Å². The summed E-state index contributed by atoms with van der Waals surface area (Å²) in [7, 11) is 0. The van der Waals surface area contributed by atoms with E-state index in [4.69, 9.17) is 13.9 Å². The van der Waals surface area contributed by atoms with Gasteiger partial charge in [0.1, 0.15) is 23.7 Å². The highest BCUT2D eigenvalue weighted by Gasteiger charge is 2.14. The van der Waals surface area contributed by atoms with E-state index in [9.17, 15) is 9.59 Å². The highest BCUT2D eigenvalue weighted by molar-refractivity contribution is 5.88. The lowest BCUT2D eigenvalue weighted by molar-refractivity contribution is 0.0436. The molecule has 0 aliphatic rings. The molecule has 5 nitrogen and oxygen atoms in total. The summed E-state index contributed by atoms with van der Waals surface area (Å²) in [6, 6.07) is 24.6. The minimum atomic E-state index is -0.697. The number of hydrogen-bond acceptors (Lipinski definition) is 5. The van der Waals surface area contributed by atoms with Gasteiger partial charge >= 0.3 is 5.97 Å². The first kappa shape index (κ1) is 17.5. The molecule has 0 saturated carbocycles. The van der Waals surface area contributed by atoms with Gasteiger partial charge in [0.2, 0.25) is 5.76 Å². The van der Waals surface area contributed by atoms with Crippen LogP contribution < -0.4 is 10.2 Å². The molecule has 0 aliphatic carbocycles. The number of para-hydroxylation sites is 2. The van der Waals surface area contributed by atoms with E-state index in [-0.39, 0.29) is 17.8 Å². The van der Waals surface area contributed by atoms with E-state index in [0.29, 0.717) is 16.7 Å². The zero-order valence-electron chi connectivity index (χ0n) is 14.8. The van der Waals surface area contributed by atoms with Gasteiger partial charge in [-0.3, -0.25) is 4.79 Å².